The second-order valence-corrected chi connectivity index (χ2v) is 10.4. The smallest absolute Gasteiger partial charge is 0.214 e. The Labute approximate surface area is 237 Å². The molecule has 228 valence electrons. The lowest BCUT2D eigenvalue weighted by Crippen LogP contribution is -2.68. The molecule has 3 heterocycles. The van der Waals surface area contributed by atoms with Crippen molar-refractivity contribution >= 4 is 17.6 Å². The number of aromatic hydroxyl groups is 1. The Morgan fingerprint density at radius 3 is 2.07 bits per heavy atom. The third-order valence-electron chi connectivity index (χ3n) is 7.93. The highest BCUT2D eigenvalue weighted by Crippen LogP contribution is 2.50. The maximum absolute atomic E-state index is 13.9. The van der Waals surface area contributed by atoms with Gasteiger partial charge in [-0.2, -0.15) is 0 Å². The first-order valence-electron chi connectivity index (χ1n) is 12.9. The third-order valence-corrected chi connectivity index (χ3v) is 7.93. The fourth-order valence-electron chi connectivity index (χ4n) is 5.63. The highest BCUT2D eigenvalue weighted by Gasteiger charge is 2.67. The summed E-state index contributed by atoms with van der Waals surface area (Å²) in [7, 11) is 0. The number of phenolic OH excluding ortho intramolecular Hbond substituents is 1. The summed E-state index contributed by atoms with van der Waals surface area (Å²) >= 11 is 0. The quantitative estimate of drug-likeness (QED) is 0.111. The number of allylic oxidation sites excluding steroid dienone is 1. The normalized spacial score (nSPS) is 40.2. The molecular weight excluding hydrogens is 564 g/mol. The van der Waals surface area contributed by atoms with Gasteiger partial charge in [0, 0.05) is 0 Å². The minimum Gasteiger partial charge on any atom is -0.508 e. The molecule has 0 bridgehead atoms. The molecule has 1 aromatic rings. The van der Waals surface area contributed by atoms with Gasteiger partial charge < -0.3 is 65.3 Å². The van der Waals surface area contributed by atoms with Crippen molar-refractivity contribution in [1.29, 1.82) is 0 Å². The zero-order chi connectivity index (χ0) is 30.7. The van der Waals surface area contributed by atoms with E-state index < -0.39 is 114 Å². The Kier molecular flexibility index (Phi) is 8.01. The topological polar surface area (TPSA) is 264 Å². The summed E-state index contributed by atoms with van der Waals surface area (Å²) in [6.07, 6.45) is -16.0. The van der Waals surface area contributed by atoms with Crippen LogP contribution in [0.3, 0.4) is 0 Å². The molecule has 1 aliphatic carbocycles. The molecule has 3 aliphatic heterocycles. The summed E-state index contributed by atoms with van der Waals surface area (Å²) in [6, 6.07) is 5.53. The Hall–Kier alpha value is -3.22. The maximum Gasteiger partial charge on any atom is 0.214 e. The number of hydrogen-bond donors (Lipinski definition) is 10. The molecule has 11 atom stereocenters. The number of rotatable bonds is 6. The van der Waals surface area contributed by atoms with Crippen LogP contribution in [0.5, 0.6) is 5.75 Å². The van der Waals surface area contributed by atoms with Crippen molar-refractivity contribution in [3.63, 3.8) is 0 Å². The molecule has 0 unspecified atom stereocenters. The SMILES string of the molecule is O=C(/C=C/c1ccc(O)cc1)C1=C(O)C2=C(O[C@@H]3[C@@H](O)[C@H](O)[C@@H](CO)O[C@@H]23)[C@](O)([C@H]2O[C@H](CO)[C@H](O)[C@@H](O)[C@H]2O)C1=O. The number of ketones is 2. The summed E-state index contributed by atoms with van der Waals surface area (Å²) in [5.74, 6) is -4.64. The minimum absolute atomic E-state index is 0.0536. The first kappa shape index (κ1) is 30.2. The highest BCUT2D eigenvalue weighted by atomic mass is 16.6. The molecule has 0 spiro atoms. The van der Waals surface area contributed by atoms with Gasteiger partial charge in [0.15, 0.2) is 11.9 Å². The van der Waals surface area contributed by atoms with Crippen LogP contribution >= 0.6 is 0 Å². The van der Waals surface area contributed by atoms with Crippen LogP contribution in [0, 0.1) is 0 Å². The molecule has 10 N–H and O–H groups in total. The van der Waals surface area contributed by atoms with Crippen LogP contribution in [0.1, 0.15) is 5.56 Å². The molecule has 2 fully saturated rings. The lowest BCUT2D eigenvalue weighted by Gasteiger charge is -2.47. The van der Waals surface area contributed by atoms with Crippen molar-refractivity contribution in [2.75, 3.05) is 13.2 Å². The minimum atomic E-state index is -3.22. The molecule has 1 aromatic carbocycles. The van der Waals surface area contributed by atoms with E-state index in [-0.39, 0.29) is 5.75 Å². The van der Waals surface area contributed by atoms with Crippen molar-refractivity contribution in [1.82, 2.24) is 0 Å². The van der Waals surface area contributed by atoms with Gasteiger partial charge in [0.1, 0.15) is 77.8 Å². The van der Waals surface area contributed by atoms with Gasteiger partial charge in [0.25, 0.3) is 0 Å². The lowest BCUT2D eigenvalue weighted by atomic mass is 9.73. The second kappa shape index (κ2) is 11.1. The number of benzene rings is 1. The Morgan fingerprint density at radius 2 is 1.45 bits per heavy atom. The number of aliphatic hydroxyl groups excluding tert-OH is 8. The van der Waals surface area contributed by atoms with Gasteiger partial charge in [-0.05, 0) is 23.8 Å². The van der Waals surface area contributed by atoms with Gasteiger partial charge in [-0.25, -0.2) is 0 Å². The number of aliphatic hydroxyl groups is 9. The van der Waals surface area contributed by atoms with E-state index >= 15 is 0 Å². The highest BCUT2D eigenvalue weighted by molar-refractivity contribution is 6.29. The number of carbonyl (C=O) groups excluding carboxylic acids is 2. The largest absolute Gasteiger partial charge is 0.508 e. The lowest BCUT2D eigenvalue weighted by molar-refractivity contribution is -0.266. The van der Waals surface area contributed by atoms with Crippen LogP contribution in [0.2, 0.25) is 0 Å². The summed E-state index contributed by atoms with van der Waals surface area (Å²) in [6.45, 7) is -1.73. The average Bonchev–Trinajstić information content (AvgIpc) is 3.37. The molecule has 15 heteroatoms. The first-order chi connectivity index (χ1) is 19.9. The van der Waals surface area contributed by atoms with E-state index in [0.29, 0.717) is 5.56 Å². The van der Waals surface area contributed by atoms with Crippen LogP contribution in [0.4, 0.5) is 0 Å². The van der Waals surface area contributed by atoms with E-state index in [1.165, 1.54) is 30.3 Å². The van der Waals surface area contributed by atoms with E-state index in [2.05, 4.69) is 0 Å². The summed E-state index contributed by atoms with van der Waals surface area (Å²) in [5, 5.41) is 105. The predicted molar refractivity (Wildman–Crippen MR) is 135 cm³/mol. The zero-order valence-electron chi connectivity index (χ0n) is 21.7. The molecule has 2 saturated heterocycles. The van der Waals surface area contributed by atoms with Crippen LogP contribution in [-0.2, 0) is 23.8 Å². The molecule has 5 rings (SSSR count). The fraction of sp³-hybridized carbons (Fsp3) is 0.481. The molecule has 0 amide bonds. The Morgan fingerprint density at radius 1 is 0.857 bits per heavy atom. The molecule has 42 heavy (non-hydrogen) atoms. The van der Waals surface area contributed by atoms with Crippen molar-refractivity contribution in [2.24, 2.45) is 0 Å². The van der Waals surface area contributed by atoms with E-state index in [4.69, 9.17) is 14.2 Å². The van der Waals surface area contributed by atoms with Gasteiger partial charge in [-0.15, -0.1) is 0 Å². The van der Waals surface area contributed by atoms with Crippen LogP contribution in [-0.4, -0.2) is 142 Å². The Bertz CT molecular complexity index is 1330. The standard InChI is InChI=1S/C27H30O15/c28-7-12-17(33)20(36)23-22(40-12)15-18(34)14(11(31)6-3-9-1-4-10(30)5-2-9)24(38)27(39,25(15)42-23)26-21(37)19(35)16(32)13(8-29)41-26/h1-6,12-13,16-17,19-23,26,28-30,32-37,39H,7-8H2/b6-3+/t12-,13-,16+,17-,19-,20+,21-,22+,23-,26+,27+/m1/s1. The molecular formula is C27H30O15. The summed E-state index contributed by atoms with van der Waals surface area (Å²) < 4.78 is 16.7. The predicted octanol–water partition coefficient (Wildman–Crippen LogP) is -3.92. The van der Waals surface area contributed by atoms with Crippen molar-refractivity contribution < 1.29 is 74.9 Å². The van der Waals surface area contributed by atoms with E-state index in [1.54, 1.807) is 0 Å². The summed E-state index contributed by atoms with van der Waals surface area (Å²) in [4.78, 5) is 27.3. The number of hydrogen-bond acceptors (Lipinski definition) is 15. The average molecular weight is 595 g/mol. The zero-order valence-corrected chi connectivity index (χ0v) is 21.7. The van der Waals surface area contributed by atoms with Gasteiger partial charge in [-0.3, -0.25) is 9.59 Å². The third kappa shape index (κ3) is 4.55. The second-order valence-electron chi connectivity index (χ2n) is 10.4. The van der Waals surface area contributed by atoms with Gasteiger partial charge in [0.05, 0.1) is 18.8 Å². The van der Waals surface area contributed by atoms with Crippen LogP contribution in [0.25, 0.3) is 6.08 Å². The molecule has 4 aliphatic rings. The van der Waals surface area contributed by atoms with E-state index in [9.17, 15) is 60.7 Å². The van der Waals surface area contributed by atoms with Crippen LogP contribution < -0.4 is 0 Å². The molecule has 0 saturated carbocycles. The fourth-order valence-corrected chi connectivity index (χ4v) is 5.63. The number of carbonyl (C=O) groups is 2. The molecule has 0 radical (unpaired) electrons. The van der Waals surface area contributed by atoms with E-state index in [0.717, 1.165) is 6.08 Å². The van der Waals surface area contributed by atoms with Crippen molar-refractivity contribution in [3.05, 3.63) is 58.6 Å². The van der Waals surface area contributed by atoms with E-state index in [1.807, 2.05) is 0 Å². The maximum atomic E-state index is 13.9. The number of Topliss-reactive ketones (excluding diaryl/α,β-unsaturated/α-hetero) is 1. The first-order valence-corrected chi connectivity index (χ1v) is 12.9. The van der Waals surface area contributed by atoms with Crippen LogP contribution in [0.15, 0.2) is 53.0 Å². The number of ether oxygens (including phenoxy) is 3. The van der Waals surface area contributed by atoms with Gasteiger partial charge in [-0.1, -0.05) is 18.2 Å². The number of fused-ring (bicyclic) bond motifs is 2. The summed E-state index contributed by atoms with van der Waals surface area (Å²) in [5.41, 5.74) is -4.38. The van der Waals surface area contributed by atoms with Gasteiger partial charge >= 0.3 is 0 Å². The monoisotopic (exact) mass is 594 g/mol. The number of phenols is 1. The van der Waals surface area contributed by atoms with Gasteiger partial charge in [0.2, 0.25) is 11.4 Å². The molecule has 0 aromatic heterocycles. The Balaban J connectivity index is 1.64. The molecule has 15 nitrogen and oxygen atoms in total. The van der Waals surface area contributed by atoms with Crippen molar-refractivity contribution in [2.45, 2.75) is 66.6 Å². The van der Waals surface area contributed by atoms with Crippen molar-refractivity contribution in [3.8, 4) is 5.75 Å².